The van der Waals surface area contributed by atoms with Crippen LogP contribution >= 0.6 is 0 Å². The van der Waals surface area contributed by atoms with Crippen LogP contribution in [-0.2, 0) is 0 Å². The summed E-state index contributed by atoms with van der Waals surface area (Å²) < 4.78 is 0. The maximum absolute atomic E-state index is 11.1. The SMILES string of the molecule is CC1C=C[C@@]2(C)CC[C@H](C(C)C)[C@@]2(O)CC1. The number of hydrogen-bond acceptors (Lipinski definition) is 1. The van der Waals surface area contributed by atoms with E-state index in [4.69, 9.17) is 0 Å². The molecule has 0 spiro atoms. The fourth-order valence-corrected chi connectivity index (χ4v) is 3.84. The molecule has 1 fully saturated rings. The maximum atomic E-state index is 11.1. The van der Waals surface area contributed by atoms with Gasteiger partial charge in [-0.1, -0.05) is 39.8 Å². The van der Waals surface area contributed by atoms with Crippen LogP contribution in [0.3, 0.4) is 0 Å². The first kappa shape index (κ1) is 12.2. The van der Waals surface area contributed by atoms with Gasteiger partial charge in [0.1, 0.15) is 0 Å². The third-order valence-corrected chi connectivity index (χ3v) is 5.16. The molecule has 0 radical (unpaired) electrons. The van der Waals surface area contributed by atoms with Crippen molar-refractivity contribution in [2.45, 2.75) is 59.0 Å². The molecule has 1 nitrogen and oxygen atoms in total. The largest absolute Gasteiger partial charge is 0.389 e. The van der Waals surface area contributed by atoms with E-state index < -0.39 is 5.60 Å². The molecule has 0 amide bonds. The van der Waals surface area contributed by atoms with Gasteiger partial charge in [-0.3, -0.25) is 0 Å². The van der Waals surface area contributed by atoms with E-state index in [1.165, 1.54) is 6.42 Å². The van der Waals surface area contributed by atoms with E-state index in [1.807, 2.05) is 0 Å². The highest BCUT2D eigenvalue weighted by Crippen LogP contribution is 2.56. The Kier molecular flexibility index (Phi) is 2.94. The smallest absolute Gasteiger partial charge is 0.0765 e. The van der Waals surface area contributed by atoms with Crippen LogP contribution in [0.2, 0.25) is 0 Å². The van der Waals surface area contributed by atoms with E-state index in [0.29, 0.717) is 17.8 Å². The number of hydrogen-bond donors (Lipinski definition) is 1. The van der Waals surface area contributed by atoms with E-state index in [2.05, 4.69) is 39.8 Å². The minimum Gasteiger partial charge on any atom is -0.389 e. The van der Waals surface area contributed by atoms with Gasteiger partial charge in [0.05, 0.1) is 5.60 Å². The summed E-state index contributed by atoms with van der Waals surface area (Å²) in [7, 11) is 0. The summed E-state index contributed by atoms with van der Waals surface area (Å²) in [6.45, 7) is 9.03. The van der Waals surface area contributed by atoms with E-state index >= 15 is 0 Å². The molecular formula is C15H26O. The minimum atomic E-state index is -0.456. The third-order valence-electron chi connectivity index (χ3n) is 5.16. The third kappa shape index (κ3) is 1.64. The highest BCUT2D eigenvalue weighted by molar-refractivity contribution is 5.18. The molecule has 2 aliphatic rings. The minimum absolute atomic E-state index is 0.0205. The summed E-state index contributed by atoms with van der Waals surface area (Å²) in [6.07, 6.45) is 9.07. The van der Waals surface area contributed by atoms with Crippen molar-refractivity contribution in [2.75, 3.05) is 0 Å². The summed E-state index contributed by atoms with van der Waals surface area (Å²) >= 11 is 0. The molecule has 0 aliphatic heterocycles. The Bertz CT molecular complexity index is 294. The Labute approximate surface area is 99.9 Å². The van der Waals surface area contributed by atoms with Crippen LogP contribution in [0.4, 0.5) is 0 Å². The zero-order valence-electron chi connectivity index (χ0n) is 11.2. The van der Waals surface area contributed by atoms with Crippen LogP contribution in [0.25, 0.3) is 0 Å². The topological polar surface area (TPSA) is 20.2 Å². The average Bonchev–Trinajstić information content (AvgIpc) is 2.41. The van der Waals surface area contributed by atoms with Crippen LogP contribution in [0.1, 0.15) is 53.4 Å². The molecule has 0 aromatic rings. The molecule has 4 atom stereocenters. The predicted octanol–water partition coefficient (Wildman–Crippen LogP) is 3.78. The Morgan fingerprint density at radius 2 is 1.94 bits per heavy atom. The van der Waals surface area contributed by atoms with Gasteiger partial charge in [-0.15, -0.1) is 0 Å². The normalized spacial score (nSPS) is 48.1. The molecule has 16 heavy (non-hydrogen) atoms. The molecule has 92 valence electrons. The van der Waals surface area contributed by atoms with E-state index in [0.717, 1.165) is 19.3 Å². The summed E-state index contributed by atoms with van der Waals surface area (Å²) in [5.41, 5.74) is -0.435. The maximum Gasteiger partial charge on any atom is 0.0765 e. The second-order valence-corrected chi connectivity index (χ2v) is 6.61. The van der Waals surface area contributed by atoms with Crippen LogP contribution in [0, 0.1) is 23.2 Å². The molecule has 1 N–H and O–H groups in total. The second-order valence-electron chi connectivity index (χ2n) is 6.61. The van der Waals surface area contributed by atoms with Gasteiger partial charge in [-0.2, -0.15) is 0 Å². The van der Waals surface area contributed by atoms with E-state index in [1.54, 1.807) is 0 Å². The molecule has 0 saturated heterocycles. The first-order valence-corrected chi connectivity index (χ1v) is 6.81. The summed E-state index contributed by atoms with van der Waals surface area (Å²) in [5, 5.41) is 11.1. The number of rotatable bonds is 1. The lowest BCUT2D eigenvalue weighted by molar-refractivity contribution is -0.0816. The molecule has 0 aromatic carbocycles. The van der Waals surface area contributed by atoms with Gasteiger partial charge in [0.2, 0.25) is 0 Å². The Morgan fingerprint density at radius 3 is 2.56 bits per heavy atom. The van der Waals surface area contributed by atoms with Gasteiger partial charge < -0.3 is 5.11 Å². The molecule has 1 unspecified atom stereocenters. The van der Waals surface area contributed by atoms with Crippen LogP contribution in [0.15, 0.2) is 12.2 Å². The molecule has 0 heterocycles. The van der Waals surface area contributed by atoms with Crippen molar-refractivity contribution < 1.29 is 5.11 Å². The number of fused-ring (bicyclic) bond motifs is 1. The van der Waals surface area contributed by atoms with Crippen LogP contribution < -0.4 is 0 Å². The van der Waals surface area contributed by atoms with Crippen molar-refractivity contribution in [1.29, 1.82) is 0 Å². The molecule has 0 aromatic heterocycles. The first-order chi connectivity index (χ1) is 7.39. The van der Waals surface area contributed by atoms with Gasteiger partial charge >= 0.3 is 0 Å². The predicted molar refractivity (Wildman–Crippen MR) is 68.2 cm³/mol. The van der Waals surface area contributed by atoms with Gasteiger partial charge in [0, 0.05) is 5.41 Å². The van der Waals surface area contributed by atoms with Crippen LogP contribution in [-0.4, -0.2) is 10.7 Å². The average molecular weight is 222 g/mol. The molecule has 1 saturated carbocycles. The quantitative estimate of drug-likeness (QED) is 0.669. The standard InChI is InChI=1S/C15H26O/c1-11(2)13-7-9-14(4)8-5-12(3)6-10-15(13,14)16/h5,8,11-13,16H,6-7,9-10H2,1-4H3/t12?,13-,14+,15+/m1/s1. The highest BCUT2D eigenvalue weighted by atomic mass is 16.3. The fourth-order valence-electron chi connectivity index (χ4n) is 3.84. The van der Waals surface area contributed by atoms with Crippen molar-refractivity contribution in [3.8, 4) is 0 Å². The van der Waals surface area contributed by atoms with Crippen molar-refractivity contribution in [3.05, 3.63) is 12.2 Å². The first-order valence-electron chi connectivity index (χ1n) is 6.81. The summed E-state index contributed by atoms with van der Waals surface area (Å²) in [6, 6.07) is 0. The van der Waals surface area contributed by atoms with E-state index in [9.17, 15) is 5.11 Å². The Balaban J connectivity index is 2.35. The number of aliphatic hydroxyl groups is 1. The monoisotopic (exact) mass is 222 g/mol. The summed E-state index contributed by atoms with van der Waals surface area (Å²) in [5.74, 6) is 1.69. The molecular weight excluding hydrogens is 196 g/mol. The lowest BCUT2D eigenvalue weighted by Gasteiger charge is -2.42. The zero-order valence-corrected chi connectivity index (χ0v) is 11.2. The summed E-state index contributed by atoms with van der Waals surface area (Å²) in [4.78, 5) is 0. The highest BCUT2D eigenvalue weighted by Gasteiger charge is 2.56. The fraction of sp³-hybridized carbons (Fsp3) is 0.867. The van der Waals surface area contributed by atoms with E-state index in [-0.39, 0.29) is 5.41 Å². The molecule has 0 bridgehead atoms. The molecule has 2 aliphatic carbocycles. The second kappa shape index (κ2) is 3.87. The Hall–Kier alpha value is -0.300. The zero-order chi connectivity index (χ0) is 12.0. The molecule has 2 rings (SSSR count). The van der Waals surface area contributed by atoms with Crippen LogP contribution in [0.5, 0.6) is 0 Å². The van der Waals surface area contributed by atoms with Gasteiger partial charge in [-0.25, -0.2) is 0 Å². The van der Waals surface area contributed by atoms with Crippen molar-refractivity contribution in [2.24, 2.45) is 23.2 Å². The Morgan fingerprint density at radius 1 is 1.25 bits per heavy atom. The van der Waals surface area contributed by atoms with Crippen molar-refractivity contribution in [1.82, 2.24) is 0 Å². The van der Waals surface area contributed by atoms with Gasteiger partial charge in [0.15, 0.2) is 0 Å². The molecule has 1 heteroatoms. The number of allylic oxidation sites excluding steroid dienone is 1. The van der Waals surface area contributed by atoms with Crippen molar-refractivity contribution >= 4 is 0 Å². The lowest BCUT2D eigenvalue weighted by atomic mass is 9.68. The van der Waals surface area contributed by atoms with Crippen molar-refractivity contribution in [3.63, 3.8) is 0 Å². The van der Waals surface area contributed by atoms with Gasteiger partial charge in [-0.05, 0) is 43.4 Å². The lowest BCUT2D eigenvalue weighted by Crippen LogP contribution is -2.46. The van der Waals surface area contributed by atoms with Gasteiger partial charge in [0.25, 0.3) is 0 Å².